The van der Waals surface area contributed by atoms with E-state index in [1.165, 1.54) is 0 Å². The summed E-state index contributed by atoms with van der Waals surface area (Å²) in [6.45, 7) is 3.52. The maximum absolute atomic E-state index is 13.0. The number of amides is 1. The van der Waals surface area contributed by atoms with Crippen LogP contribution in [0.5, 0.6) is 0 Å². The molecule has 2 heterocycles. The number of aromatic nitrogens is 1. The Morgan fingerprint density at radius 2 is 2.08 bits per heavy atom. The summed E-state index contributed by atoms with van der Waals surface area (Å²) < 4.78 is 5.38. The molecule has 6 nitrogen and oxygen atoms in total. The minimum atomic E-state index is -0.882. The van der Waals surface area contributed by atoms with Gasteiger partial charge in [-0.05, 0) is 37.0 Å². The molecule has 1 saturated heterocycles. The van der Waals surface area contributed by atoms with Gasteiger partial charge >= 0.3 is 5.97 Å². The number of hydrogen-bond acceptors (Lipinski definition) is 3. The summed E-state index contributed by atoms with van der Waals surface area (Å²) in [6.07, 6.45) is 3.66. The number of carbonyl (C=O) groups excluding carboxylic acids is 1. The third-order valence-corrected chi connectivity index (χ3v) is 4.86. The zero-order valence-electron chi connectivity index (χ0n) is 14.5. The molecule has 1 aromatic carbocycles. The van der Waals surface area contributed by atoms with E-state index in [2.05, 4.69) is 4.98 Å². The van der Waals surface area contributed by atoms with Gasteiger partial charge in [-0.2, -0.15) is 0 Å². The number of aliphatic carboxylic acids is 1. The molecule has 2 N–H and O–H groups in total. The minimum absolute atomic E-state index is 0.0164. The first-order chi connectivity index (χ1) is 12.1. The summed E-state index contributed by atoms with van der Waals surface area (Å²) in [5, 5.41) is 10.1. The predicted octanol–water partition coefficient (Wildman–Crippen LogP) is 2.50. The molecule has 25 heavy (non-hydrogen) atoms. The van der Waals surface area contributed by atoms with Gasteiger partial charge in [0.15, 0.2) is 0 Å². The Balaban J connectivity index is 1.79. The molecule has 1 aliphatic rings. The second kappa shape index (κ2) is 7.70. The van der Waals surface area contributed by atoms with Crippen LogP contribution in [-0.2, 0) is 20.7 Å². The number of hydrogen-bond donors (Lipinski definition) is 2. The molecular weight excluding hydrogens is 320 g/mol. The smallest absolute Gasteiger partial charge is 0.305 e. The lowest BCUT2D eigenvalue weighted by Gasteiger charge is -2.34. The van der Waals surface area contributed by atoms with Crippen molar-refractivity contribution in [3.05, 3.63) is 35.5 Å². The molecule has 134 valence electrons. The van der Waals surface area contributed by atoms with Gasteiger partial charge in [0.25, 0.3) is 0 Å². The maximum atomic E-state index is 13.0. The number of benzene rings is 1. The lowest BCUT2D eigenvalue weighted by atomic mass is 10.0. The van der Waals surface area contributed by atoms with Gasteiger partial charge in [0.2, 0.25) is 5.91 Å². The zero-order valence-corrected chi connectivity index (χ0v) is 14.5. The van der Waals surface area contributed by atoms with Crippen LogP contribution < -0.4 is 0 Å². The van der Waals surface area contributed by atoms with E-state index < -0.39 is 5.97 Å². The van der Waals surface area contributed by atoms with E-state index in [4.69, 9.17) is 9.84 Å². The van der Waals surface area contributed by atoms with Crippen LogP contribution in [0.4, 0.5) is 0 Å². The summed E-state index contributed by atoms with van der Waals surface area (Å²) in [6, 6.07) is 6.08. The number of nitrogens with one attached hydrogen (secondary N) is 1. The van der Waals surface area contributed by atoms with Crippen molar-refractivity contribution < 1.29 is 19.4 Å². The summed E-state index contributed by atoms with van der Waals surface area (Å²) in [5.74, 6) is -0.898. The number of H-pyrrole nitrogens is 1. The molecule has 0 bridgehead atoms. The van der Waals surface area contributed by atoms with Crippen molar-refractivity contribution in [2.75, 3.05) is 19.8 Å². The summed E-state index contributed by atoms with van der Waals surface area (Å²) in [4.78, 5) is 28.9. The Bertz CT molecular complexity index is 762. The summed E-state index contributed by atoms with van der Waals surface area (Å²) in [7, 11) is 0. The molecule has 0 saturated carbocycles. The number of carboxylic acids is 1. The van der Waals surface area contributed by atoms with Crippen LogP contribution in [0.2, 0.25) is 0 Å². The number of ether oxygens (including phenoxy) is 1. The highest BCUT2D eigenvalue weighted by Gasteiger charge is 2.26. The monoisotopic (exact) mass is 344 g/mol. The van der Waals surface area contributed by atoms with E-state index in [9.17, 15) is 9.59 Å². The van der Waals surface area contributed by atoms with Gasteiger partial charge in [-0.3, -0.25) is 9.59 Å². The van der Waals surface area contributed by atoms with Crippen LogP contribution in [0.25, 0.3) is 10.9 Å². The highest BCUT2D eigenvalue weighted by atomic mass is 16.5. The summed E-state index contributed by atoms with van der Waals surface area (Å²) >= 11 is 0. The van der Waals surface area contributed by atoms with Crippen LogP contribution in [0, 0.1) is 6.92 Å². The third-order valence-electron chi connectivity index (χ3n) is 4.86. The van der Waals surface area contributed by atoms with E-state index >= 15 is 0 Å². The van der Waals surface area contributed by atoms with Gasteiger partial charge in [0.1, 0.15) is 0 Å². The second-order valence-corrected chi connectivity index (χ2v) is 6.56. The van der Waals surface area contributed by atoms with Crippen molar-refractivity contribution >= 4 is 22.8 Å². The number of aryl methyl sites for hydroxylation is 1. The van der Waals surface area contributed by atoms with Crippen molar-refractivity contribution in [3.8, 4) is 0 Å². The Morgan fingerprint density at radius 1 is 1.32 bits per heavy atom. The topological polar surface area (TPSA) is 82.6 Å². The van der Waals surface area contributed by atoms with E-state index in [1.54, 1.807) is 4.90 Å². The lowest BCUT2D eigenvalue weighted by Crippen LogP contribution is -2.45. The van der Waals surface area contributed by atoms with Gasteiger partial charge in [-0.25, -0.2) is 0 Å². The average Bonchev–Trinajstić information content (AvgIpc) is 3.00. The van der Waals surface area contributed by atoms with Gasteiger partial charge < -0.3 is 19.7 Å². The molecular formula is C19H24N2O4. The van der Waals surface area contributed by atoms with Gasteiger partial charge in [-0.15, -0.1) is 0 Å². The van der Waals surface area contributed by atoms with Crippen molar-refractivity contribution in [1.82, 2.24) is 9.88 Å². The van der Waals surface area contributed by atoms with Gasteiger partial charge in [0.05, 0.1) is 12.8 Å². The fraction of sp³-hybridized carbons (Fsp3) is 0.474. The molecule has 0 atom stereocenters. The second-order valence-electron chi connectivity index (χ2n) is 6.56. The average molecular weight is 344 g/mol. The predicted molar refractivity (Wildman–Crippen MR) is 94.5 cm³/mol. The van der Waals surface area contributed by atoms with Gasteiger partial charge in [-0.1, -0.05) is 12.1 Å². The number of aromatic amines is 1. The van der Waals surface area contributed by atoms with E-state index in [0.29, 0.717) is 13.2 Å². The van der Waals surface area contributed by atoms with Crippen LogP contribution in [0.1, 0.15) is 30.4 Å². The molecule has 0 radical (unpaired) electrons. The van der Waals surface area contributed by atoms with Crippen LogP contribution in [0.3, 0.4) is 0 Å². The highest BCUT2D eigenvalue weighted by Crippen LogP contribution is 2.24. The molecule has 6 heteroatoms. The third kappa shape index (κ3) is 4.02. The van der Waals surface area contributed by atoms with E-state index in [1.807, 2.05) is 31.3 Å². The quantitative estimate of drug-likeness (QED) is 0.843. The first-order valence-electron chi connectivity index (χ1n) is 8.71. The molecule has 0 spiro atoms. The zero-order chi connectivity index (χ0) is 17.8. The van der Waals surface area contributed by atoms with Crippen molar-refractivity contribution in [3.63, 3.8) is 0 Å². The molecule has 1 amide bonds. The fourth-order valence-electron chi connectivity index (χ4n) is 3.58. The van der Waals surface area contributed by atoms with E-state index in [-0.39, 0.29) is 31.3 Å². The first kappa shape index (κ1) is 17.5. The standard InChI is InChI=1S/C19H24N2O4/c1-13-3-2-4-16-19(13)14(12-20-16)11-17(22)21(8-5-18(23)24)15-6-9-25-10-7-15/h2-4,12,15,20H,5-11H2,1H3,(H,23,24). The van der Waals surface area contributed by atoms with Crippen molar-refractivity contribution in [2.24, 2.45) is 0 Å². The highest BCUT2D eigenvalue weighted by molar-refractivity contribution is 5.91. The van der Waals surface area contributed by atoms with Crippen LogP contribution >= 0.6 is 0 Å². The molecule has 0 unspecified atom stereocenters. The molecule has 2 aromatic rings. The summed E-state index contributed by atoms with van der Waals surface area (Å²) in [5.41, 5.74) is 3.11. The molecule has 0 aliphatic carbocycles. The number of carboxylic acid groups (broad SMARTS) is 1. The Kier molecular flexibility index (Phi) is 5.38. The van der Waals surface area contributed by atoms with Crippen molar-refractivity contribution in [1.29, 1.82) is 0 Å². The lowest BCUT2D eigenvalue weighted by molar-refractivity contribution is -0.140. The minimum Gasteiger partial charge on any atom is -0.481 e. The van der Waals surface area contributed by atoms with Crippen molar-refractivity contribution in [2.45, 2.75) is 38.6 Å². The first-order valence-corrected chi connectivity index (χ1v) is 8.71. The molecule has 1 aliphatic heterocycles. The van der Waals surface area contributed by atoms with Crippen LogP contribution in [-0.4, -0.2) is 52.7 Å². The Hall–Kier alpha value is -2.34. The normalized spacial score (nSPS) is 15.4. The largest absolute Gasteiger partial charge is 0.481 e. The molecule has 3 rings (SSSR count). The number of carbonyl (C=O) groups is 2. The molecule has 1 fully saturated rings. The number of rotatable bonds is 6. The maximum Gasteiger partial charge on any atom is 0.305 e. The number of nitrogens with zero attached hydrogens (tertiary/aromatic N) is 1. The molecule has 1 aromatic heterocycles. The fourth-order valence-corrected chi connectivity index (χ4v) is 3.58. The van der Waals surface area contributed by atoms with E-state index in [0.717, 1.165) is 34.9 Å². The van der Waals surface area contributed by atoms with Crippen LogP contribution in [0.15, 0.2) is 24.4 Å². The Labute approximate surface area is 146 Å². The Morgan fingerprint density at radius 3 is 2.80 bits per heavy atom. The number of fused-ring (bicyclic) bond motifs is 1. The SMILES string of the molecule is Cc1cccc2[nH]cc(CC(=O)N(CCC(=O)O)C3CCOCC3)c12. The van der Waals surface area contributed by atoms with Gasteiger partial charge in [0, 0.05) is 42.9 Å².